The molecule has 0 N–H and O–H groups in total. The highest BCUT2D eigenvalue weighted by Gasteiger charge is 2.33. The zero-order valence-electron chi connectivity index (χ0n) is 14.0. The summed E-state index contributed by atoms with van der Waals surface area (Å²) in [4.78, 5) is 26.2. The largest absolute Gasteiger partial charge is 0.382 e. The van der Waals surface area contributed by atoms with Crippen LogP contribution in [-0.2, 0) is 30.1 Å². The quantitative estimate of drug-likeness (QED) is 0.764. The minimum atomic E-state index is -0.312. The van der Waals surface area contributed by atoms with E-state index in [-0.39, 0.29) is 23.0 Å². The topological polar surface area (TPSA) is 65.7 Å². The Balaban J connectivity index is 2.23. The van der Waals surface area contributed by atoms with Gasteiger partial charge in [-0.2, -0.15) is 0 Å². The lowest BCUT2D eigenvalue weighted by molar-refractivity contribution is -0.154. The second-order valence-electron chi connectivity index (χ2n) is 6.54. The van der Waals surface area contributed by atoms with Crippen molar-refractivity contribution < 1.29 is 9.47 Å². The van der Waals surface area contributed by atoms with Gasteiger partial charge in [0.15, 0.2) is 0 Å². The molecule has 7 nitrogen and oxygen atoms in total. The summed E-state index contributed by atoms with van der Waals surface area (Å²) in [6.45, 7) is 6.49. The fourth-order valence-electron chi connectivity index (χ4n) is 3.04. The van der Waals surface area contributed by atoms with E-state index in [1.54, 1.807) is 20.4 Å². The van der Waals surface area contributed by atoms with Crippen molar-refractivity contribution in [1.29, 1.82) is 0 Å². The van der Waals surface area contributed by atoms with Crippen molar-refractivity contribution in [3.05, 3.63) is 32.6 Å². The number of nitrogens with zero attached hydrogens (tertiary/aromatic N) is 3. The number of hydrogen-bond acceptors (Lipinski definition) is 5. The summed E-state index contributed by atoms with van der Waals surface area (Å²) in [7, 11) is 4.81. The first-order chi connectivity index (χ1) is 10.2. The number of methoxy groups -OCH3 is 1. The summed E-state index contributed by atoms with van der Waals surface area (Å²) in [5, 5.41) is 0. The third kappa shape index (κ3) is 3.66. The predicted octanol–water partition coefficient (Wildman–Crippen LogP) is -0.290. The molecule has 0 aromatic carbocycles. The molecular formula is C15H25N3O4. The van der Waals surface area contributed by atoms with E-state index in [1.807, 2.05) is 13.8 Å². The smallest absolute Gasteiger partial charge is 0.330 e. The fraction of sp³-hybridized carbons (Fsp3) is 0.733. The molecule has 124 valence electrons. The van der Waals surface area contributed by atoms with Crippen LogP contribution < -0.4 is 11.2 Å². The van der Waals surface area contributed by atoms with Crippen LogP contribution in [0, 0.1) is 0 Å². The van der Waals surface area contributed by atoms with Crippen molar-refractivity contribution in [3.8, 4) is 0 Å². The first-order valence-electron chi connectivity index (χ1n) is 7.38. The lowest BCUT2D eigenvalue weighted by Gasteiger charge is -2.42. The van der Waals surface area contributed by atoms with E-state index in [0.717, 1.165) is 11.1 Å². The zero-order chi connectivity index (χ0) is 16.5. The molecule has 1 atom stereocenters. The third-order valence-electron chi connectivity index (χ3n) is 3.82. The maximum atomic E-state index is 12.3. The van der Waals surface area contributed by atoms with Crippen molar-refractivity contribution in [2.45, 2.75) is 32.1 Å². The van der Waals surface area contributed by atoms with Gasteiger partial charge in [0, 0.05) is 52.6 Å². The number of hydrogen-bond donors (Lipinski definition) is 0. The van der Waals surface area contributed by atoms with Crippen LogP contribution in [0.15, 0.2) is 15.8 Å². The van der Waals surface area contributed by atoms with Crippen LogP contribution in [0.2, 0.25) is 0 Å². The Morgan fingerprint density at radius 3 is 2.68 bits per heavy atom. The minimum Gasteiger partial charge on any atom is -0.382 e. The maximum absolute atomic E-state index is 12.3. The zero-order valence-corrected chi connectivity index (χ0v) is 14.0. The van der Waals surface area contributed by atoms with Crippen LogP contribution in [0.3, 0.4) is 0 Å². The molecule has 1 saturated heterocycles. The van der Waals surface area contributed by atoms with Gasteiger partial charge in [-0.05, 0) is 13.8 Å². The SMILES string of the molecule is COC[C@H]1CN(Cc2cn(C)c(=O)n(C)c2=O)CC(C)(C)O1. The molecule has 1 aromatic heterocycles. The normalized spacial score (nSPS) is 22.0. The van der Waals surface area contributed by atoms with Crippen molar-refractivity contribution in [2.24, 2.45) is 14.1 Å². The molecular weight excluding hydrogens is 286 g/mol. The molecule has 1 aliphatic rings. The van der Waals surface area contributed by atoms with Crippen LogP contribution in [-0.4, -0.2) is 52.5 Å². The minimum absolute atomic E-state index is 0.0230. The summed E-state index contributed by atoms with van der Waals surface area (Å²) in [6, 6.07) is 0. The van der Waals surface area contributed by atoms with E-state index in [9.17, 15) is 9.59 Å². The molecule has 1 aliphatic heterocycles. The van der Waals surface area contributed by atoms with Gasteiger partial charge >= 0.3 is 5.69 Å². The maximum Gasteiger partial charge on any atom is 0.330 e. The Labute approximate surface area is 130 Å². The monoisotopic (exact) mass is 311 g/mol. The number of aromatic nitrogens is 2. The number of morpholine rings is 1. The van der Waals surface area contributed by atoms with Crippen molar-refractivity contribution in [3.63, 3.8) is 0 Å². The van der Waals surface area contributed by atoms with Crippen LogP contribution >= 0.6 is 0 Å². The van der Waals surface area contributed by atoms with Gasteiger partial charge in [-0.3, -0.25) is 14.3 Å². The second-order valence-corrected chi connectivity index (χ2v) is 6.54. The van der Waals surface area contributed by atoms with Gasteiger partial charge < -0.3 is 14.0 Å². The summed E-state index contributed by atoms with van der Waals surface area (Å²) in [6.07, 6.45) is 1.60. The van der Waals surface area contributed by atoms with E-state index >= 15 is 0 Å². The van der Waals surface area contributed by atoms with Gasteiger partial charge in [-0.15, -0.1) is 0 Å². The van der Waals surface area contributed by atoms with E-state index in [4.69, 9.17) is 9.47 Å². The van der Waals surface area contributed by atoms with Crippen molar-refractivity contribution in [1.82, 2.24) is 14.0 Å². The molecule has 1 aromatic rings. The average molecular weight is 311 g/mol. The molecule has 7 heteroatoms. The first kappa shape index (κ1) is 16.9. The van der Waals surface area contributed by atoms with Gasteiger partial charge in [0.25, 0.3) is 5.56 Å². The second kappa shape index (κ2) is 6.36. The molecule has 0 unspecified atom stereocenters. The van der Waals surface area contributed by atoms with Crippen LogP contribution in [0.1, 0.15) is 19.4 Å². The first-order valence-corrected chi connectivity index (χ1v) is 7.38. The van der Waals surface area contributed by atoms with Crippen LogP contribution in [0.25, 0.3) is 0 Å². The Hall–Kier alpha value is -1.44. The van der Waals surface area contributed by atoms with Crippen molar-refractivity contribution in [2.75, 3.05) is 26.8 Å². The highest BCUT2D eigenvalue weighted by molar-refractivity contribution is 5.06. The lowest BCUT2D eigenvalue weighted by atomic mass is 10.0. The fourth-order valence-corrected chi connectivity index (χ4v) is 3.04. The molecule has 0 amide bonds. The molecule has 1 fully saturated rings. The Kier molecular flexibility index (Phi) is 4.89. The predicted molar refractivity (Wildman–Crippen MR) is 83.0 cm³/mol. The van der Waals surface area contributed by atoms with E-state index in [0.29, 0.717) is 25.3 Å². The van der Waals surface area contributed by atoms with E-state index < -0.39 is 0 Å². The number of ether oxygens (including phenoxy) is 2. The van der Waals surface area contributed by atoms with Gasteiger partial charge in [0.2, 0.25) is 0 Å². The van der Waals surface area contributed by atoms with Gasteiger partial charge in [-0.25, -0.2) is 4.79 Å². The summed E-state index contributed by atoms with van der Waals surface area (Å²) in [5.74, 6) is 0. The van der Waals surface area contributed by atoms with E-state index in [1.165, 1.54) is 11.6 Å². The highest BCUT2D eigenvalue weighted by Crippen LogP contribution is 2.22. The van der Waals surface area contributed by atoms with Crippen LogP contribution in [0.4, 0.5) is 0 Å². The Bertz CT molecular complexity index is 647. The van der Waals surface area contributed by atoms with Gasteiger partial charge in [0.1, 0.15) is 0 Å². The average Bonchev–Trinajstić information content (AvgIpc) is 2.41. The molecule has 0 spiro atoms. The Morgan fingerprint density at radius 2 is 2.05 bits per heavy atom. The summed E-state index contributed by atoms with van der Waals surface area (Å²) < 4.78 is 13.7. The van der Waals surface area contributed by atoms with Crippen LogP contribution in [0.5, 0.6) is 0 Å². The molecule has 0 saturated carbocycles. The third-order valence-corrected chi connectivity index (χ3v) is 3.82. The number of aryl methyl sites for hydroxylation is 1. The summed E-state index contributed by atoms with van der Waals surface area (Å²) >= 11 is 0. The lowest BCUT2D eigenvalue weighted by Crippen LogP contribution is -2.54. The molecule has 2 rings (SSSR count). The highest BCUT2D eigenvalue weighted by atomic mass is 16.5. The van der Waals surface area contributed by atoms with E-state index in [2.05, 4.69) is 4.90 Å². The summed E-state index contributed by atoms with van der Waals surface area (Å²) in [5.41, 5.74) is -0.240. The molecule has 22 heavy (non-hydrogen) atoms. The molecule has 2 heterocycles. The standard InChI is InChI=1S/C15H25N3O4/c1-15(2)10-18(8-12(22-15)9-21-5)7-11-6-16(3)14(20)17(4)13(11)19/h6,12H,7-10H2,1-5H3/t12-/m1/s1. The molecule has 0 bridgehead atoms. The molecule has 0 radical (unpaired) electrons. The Morgan fingerprint density at radius 1 is 1.36 bits per heavy atom. The van der Waals surface area contributed by atoms with Crippen molar-refractivity contribution >= 4 is 0 Å². The van der Waals surface area contributed by atoms with Gasteiger partial charge in [-0.1, -0.05) is 0 Å². The number of rotatable bonds is 4. The van der Waals surface area contributed by atoms with Gasteiger partial charge in [0.05, 0.1) is 18.3 Å². The molecule has 0 aliphatic carbocycles.